The molecule has 1 N–H and O–H groups in total. The number of hydrogen-bond donors (Lipinski definition) is 1. The summed E-state index contributed by atoms with van der Waals surface area (Å²) in [6.45, 7) is 0.927. The lowest BCUT2D eigenvalue weighted by Crippen LogP contribution is -2.47. The lowest BCUT2D eigenvalue weighted by atomic mass is 10.0. The summed E-state index contributed by atoms with van der Waals surface area (Å²) >= 11 is 0. The first kappa shape index (κ1) is 14.2. The number of halogens is 3. The van der Waals surface area contributed by atoms with Crippen molar-refractivity contribution in [1.29, 1.82) is 0 Å². The topological polar surface area (TPSA) is 49.8 Å². The van der Waals surface area contributed by atoms with E-state index in [0.717, 1.165) is 4.90 Å². The van der Waals surface area contributed by atoms with Gasteiger partial charge in [0.1, 0.15) is 0 Å². The lowest BCUT2D eigenvalue weighted by Gasteiger charge is -2.30. The van der Waals surface area contributed by atoms with Gasteiger partial charge < -0.3 is 9.84 Å². The van der Waals surface area contributed by atoms with E-state index in [9.17, 15) is 18.0 Å². The minimum Gasteiger partial charge on any atom is -0.481 e. The maximum atomic E-state index is 12.4. The largest absolute Gasteiger partial charge is 0.481 e. The fraction of sp³-hybridized carbons (Fsp3) is 0.900. The molecule has 100 valence electrons. The zero-order valence-electron chi connectivity index (χ0n) is 9.54. The first-order valence-corrected chi connectivity index (χ1v) is 5.46. The Morgan fingerprint density at radius 3 is 2.59 bits per heavy atom. The van der Waals surface area contributed by atoms with Crippen LogP contribution in [-0.2, 0) is 9.53 Å². The van der Waals surface area contributed by atoms with Crippen LogP contribution in [0.5, 0.6) is 0 Å². The van der Waals surface area contributed by atoms with Crippen LogP contribution in [0.15, 0.2) is 0 Å². The van der Waals surface area contributed by atoms with Crippen LogP contribution >= 0.6 is 0 Å². The Hall–Kier alpha value is -0.820. The van der Waals surface area contributed by atoms with Gasteiger partial charge in [-0.2, -0.15) is 13.2 Å². The molecule has 0 aromatic heterocycles. The number of carboxylic acid groups (broad SMARTS) is 1. The summed E-state index contributed by atoms with van der Waals surface area (Å²) in [5.74, 6) is -1.97. The molecule has 0 aromatic carbocycles. The van der Waals surface area contributed by atoms with Crippen molar-refractivity contribution in [3.8, 4) is 0 Å². The number of alkyl halides is 3. The van der Waals surface area contributed by atoms with Gasteiger partial charge in [0.15, 0.2) is 0 Å². The molecule has 1 heterocycles. The van der Waals surface area contributed by atoms with Crippen LogP contribution in [0.25, 0.3) is 0 Å². The van der Waals surface area contributed by atoms with Crippen LogP contribution in [0.1, 0.15) is 13.3 Å². The van der Waals surface area contributed by atoms with Crippen LogP contribution in [-0.4, -0.2) is 54.5 Å². The molecular formula is C10H16F3NO3. The zero-order valence-corrected chi connectivity index (χ0v) is 9.54. The molecular weight excluding hydrogens is 239 g/mol. The van der Waals surface area contributed by atoms with Crippen LogP contribution in [0.3, 0.4) is 0 Å². The monoisotopic (exact) mass is 255 g/mol. The van der Waals surface area contributed by atoms with E-state index in [1.807, 2.05) is 0 Å². The minimum atomic E-state index is -4.32. The SMILES string of the molecule is CCCN(CC(F)(F)F)C1COCC1C(=O)O. The van der Waals surface area contributed by atoms with Gasteiger partial charge in [-0.25, -0.2) is 0 Å². The van der Waals surface area contributed by atoms with Crippen molar-refractivity contribution in [3.05, 3.63) is 0 Å². The Kier molecular flexibility index (Phi) is 4.76. The third-order valence-corrected chi connectivity index (χ3v) is 2.73. The lowest BCUT2D eigenvalue weighted by molar-refractivity contribution is -0.157. The minimum absolute atomic E-state index is 0.0158. The molecule has 1 aliphatic heterocycles. The van der Waals surface area contributed by atoms with Gasteiger partial charge in [0, 0.05) is 6.04 Å². The fourth-order valence-electron chi connectivity index (χ4n) is 2.02. The molecule has 0 bridgehead atoms. The van der Waals surface area contributed by atoms with Crippen LogP contribution < -0.4 is 0 Å². The Morgan fingerprint density at radius 2 is 2.12 bits per heavy atom. The molecule has 0 amide bonds. The van der Waals surface area contributed by atoms with Gasteiger partial charge in [0.25, 0.3) is 0 Å². The molecule has 2 atom stereocenters. The highest BCUT2D eigenvalue weighted by molar-refractivity contribution is 5.71. The molecule has 2 unspecified atom stereocenters. The smallest absolute Gasteiger partial charge is 0.401 e. The zero-order chi connectivity index (χ0) is 13.1. The van der Waals surface area contributed by atoms with Crippen LogP contribution in [0.4, 0.5) is 13.2 Å². The average Bonchev–Trinajstić information content (AvgIpc) is 2.62. The average molecular weight is 255 g/mol. The van der Waals surface area contributed by atoms with E-state index in [4.69, 9.17) is 9.84 Å². The third-order valence-electron chi connectivity index (χ3n) is 2.73. The molecule has 7 heteroatoms. The molecule has 1 saturated heterocycles. The van der Waals surface area contributed by atoms with E-state index in [2.05, 4.69) is 0 Å². The summed E-state index contributed by atoms with van der Waals surface area (Å²) in [5.41, 5.74) is 0. The van der Waals surface area contributed by atoms with E-state index in [1.165, 1.54) is 0 Å². The van der Waals surface area contributed by atoms with Crippen molar-refractivity contribution < 1.29 is 27.8 Å². The normalized spacial score (nSPS) is 25.5. The molecule has 1 aliphatic rings. The van der Waals surface area contributed by atoms with Crippen molar-refractivity contribution >= 4 is 5.97 Å². The van der Waals surface area contributed by atoms with Gasteiger partial charge in [-0.1, -0.05) is 6.92 Å². The van der Waals surface area contributed by atoms with Crippen molar-refractivity contribution in [2.75, 3.05) is 26.3 Å². The van der Waals surface area contributed by atoms with Gasteiger partial charge >= 0.3 is 12.1 Å². The number of carboxylic acids is 1. The van der Waals surface area contributed by atoms with E-state index in [0.29, 0.717) is 6.42 Å². The molecule has 1 fully saturated rings. The fourth-order valence-corrected chi connectivity index (χ4v) is 2.02. The Morgan fingerprint density at radius 1 is 1.47 bits per heavy atom. The number of ether oxygens (including phenoxy) is 1. The number of rotatable bonds is 5. The second-order valence-corrected chi connectivity index (χ2v) is 4.14. The molecule has 0 saturated carbocycles. The van der Waals surface area contributed by atoms with E-state index >= 15 is 0 Å². The van der Waals surface area contributed by atoms with E-state index in [-0.39, 0.29) is 19.8 Å². The van der Waals surface area contributed by atoms with Gasteiger partial charge in [0.2, 0.25) is 0 Å². The molecule has 0 radical (unpaired) electrons. The number of hydrogen-bond acceptors (Lipinski definition) is 3. The summed E-state index contributed by atoms with van der Waals surface area (Å²) < 4.78 is 42.1. The summed E-state index contributed by atoms with van der Waals surface area (Å²) in [5, 5.41) is 8.91. The molecule has 0 spiro atoms. The Labute approximate surface area is 97.3 Å². The van der Waals surface area contributed by atoms with Gasteiger partial charge in [-0.15, -0.1) is 0 Å². The summed E-state index contributed by atoms with van der Waals surface area (Å²) in [6, 6.07) is -0.686. The first-order valence-electron chi connectivity index (χ1n) is 5.46. The molecule has 0 aromatic rings. The maximum Gasteiger partial charge on any atom is 0.401 e. The number of carbonyl (C=O) groups is 1. The summed E-state index contributed by atoms with van der Waals surface area (Å²) in [7, 11) is 0. The van der Waals surface area contributed by atoms with E-state index in [1.54, 1.807) is 6.92 Å². The van der Waals surface area contributed by atoms with Gasteiger partial charge in [-0.3, -0.25) is 9.69 Å². The molecule has 0 aliphatic carbocycles. The molecule has 1 rings (SSSR count). The predicted octanol–water partition coefficient (Wildman–Crippen LogP) is 1.36. The maximum absolute atomic E-state index is 12.4. The number of nitrogens with zero attached hydrogens (tertiary/aromatic N) is 1. The standard InChI is InChI=1S/C10H16F3NO3/c1-2-3-14(6-10(11,12)13)8-5-17-4-7(8)9(15)16/h7-8H,2-6H2,1H3,(H,15,16). The van der Waals surface area contributed by atoms with Gasteiger partial charge in [-0.05, 0) is 13.0 Å². The first-order chi connectivity index (χ1) is 7.85. The van der Waals surface area contributed by atoms with Crippen molar-refractivity contribution in [2.45, 2.75) is 25.6 Å². The Balaban J connectivity index is 2.72. The van der Waals surface area contributed by atoms with Crippen LogP contribution in [0.2, 0.25) is 0 Å². The second-order valence-electron chi connectivity index (χ2n) is 4.14. The molecule has 17 heavy (non-hydrogen) atoms. The van der Waals surface area contributed by atoms with Crippen molar-refractivity contribution in [2.24, 2.45) is 5.92 Å². The highest BCUT2D eigenvalue weighted by Crippen LogP contribution is 2.25. The highest BCUT2D eigenvalue weighted by atomic mass is 19.4. The quantitative estimate of drug-likeness (QED) is 0.806. The third kappa shape index (κ3) is 4.16. The Bertz CT molecular complexity index is 270. The summed E-state index contributed by atoms with van der Waals surface area (Å²) in [6.07, 6.45) is -3.78. The molecule has 4 nitrogen and oxygen atoms in total. The van der Waals surface area contributed by atoms with Gasteiger partial charge in [0.05, 0.1) is 25.7 Å². The van der Waals surface area contributed by atoms with Crippen molar-refractivity contribution in [1.82, 2.24) is 4.90 Å². The van der Waals surface area contributed by atoms with Crippen molar-refractivity contribution in [3.63, 3.8) is 0 Å². The number of aliphatic carboxylic acids is 1. The van der Waals surface area contributed by atoms with E-state index < -0.39 is 30.7 Å². The highest BCUT2D eigenvalue weighted by Gasteiger charge is 2.41. The second kappa shape index (κ2) is 5.68. The predicted molar refractivity (Wildman–Crippen MR) is 53.7 cm³/mol. The summed E-state index contributed by atoms with van der Waals surface area (Å²) in [4.78, 5) is 12.1. The van der Waals surface area contributed by atoms with Crippen LogP contribution in [0, 0.1) is 5.92 Å².